The maximum atomic E-state index is 10.8. The third-order valence-electron chi connectivity index (χ3n) is 1.98. The van der Waals surface area contributed by atoms with Gasteiger partial charge in [-0.15, -0.1) is 0 Å². The van der Waals surface area contributed by atoms with Crippen molar-refractivity contribution in [1.82, 2.24) is 5.32 Å². The highest BCUT2D eigenvalue weighted by atomic mass is 32.2. The number of rotatable bonds is 4. The van der Waals surface area contributed by atoms with Gasteiger partial charge in [-0.25, -0.2) is 0 Å². The lowest BCUT2D eigenvalue weighted by molar-refractivity contribution is 0.524. The third-order valence-corrected chi connectivity index (χ3v) is 3.98. The van der Waals surface area contributed by atoms with Gasteiger partial charge >= 0.3 is 0 Å². The number of hydrogen-bond acceptors (Lipinski definition) is 3. The van der Waals surface area contributed by atoms with Crippen molar-refractivity contribution in [1.29, 1.82) is 0 Å². The fourth-order valence-electron chi connectivity index (χ4n) is 1.31. The van der Waals surface area contributed by atoms with Crippen molar-refractivity contribution in [2.24, 2.45) is 0 Å². The normalized spacial score (nSPS) is 26.9. The molecule has 1 heterocycles. The highest BCUT2D eigenvalue weighted by Gasteiger charge is 2.12. The fourth-order valence-corrected chi connectivity index (χ4v) is 2.82. The van der Waals surface area contributed by atoms with Crippen LogP contribution in [0.5, 0.6) is 0 Å². The van der Waals surface area contributed by atoms with Gasteiger partial charge in [0.1, 0.15) is 0 Å². The van der Waals surface area contributed by atoms with Crippen LogP contribution < -0.4 is 5.32 Å². The first-order chi connectivity index (χ1) is 5.79. The van der Waals surface area contributed by atoms with Crippen molar-refractivity contribution in [3.8, 4) is 0 Å². The van der Waals surface area contributed by atoms with E-state index in [1.54, 1.807) is 6.26 Å². The molecule has 0 radical (unpaired) electrons. The van der Waals surface area contributed by atoms with Crippen LogP contribution >= 0.6 is 11.8 Å². The lowest BCUT2D eigenvalue weighted by Gasteiger charge is -2.22. The molecule has 0 aromatic rings. The summed E-state index contributed by atoms with van der Waals surface area (Å²) in [6.45, 7) is 0.911. The van der Waals surface area contributed by atoms with Gasteiger partial charge in [0.25, 0.3) is 0 Å². The molecule has 0 bridgehead atoms. The van der Waals surface area contributed by atoms with Crippen LogP contribution in [0.1, 0.15) is 12.8 Å². The average molecular weight is 207 g/mol. The van der Waals surface area contributed by atoms with E-state index in [-0.39, 0.29) is 0 Å². The molecule has 1 N–H and O–H groups in total. The first-order valence-electron chi connectivity index (χ1n) is 4.40. The standard InChI is InChI=1S/C8H17NOS2/c1-12(10)6-4-9-8-3-2-5-11-7-8/h8-9H,2-7H2,1H3. The Bertz CT molecular complexity index is 146. The Balaban J connectivity index is 2.01. The van der Waals surface area contributed by atoms with Crippen molar-refractivity contribution in [2.75, 3.05) is 30.1 Å². The average Bonchev–Trinajstić information content (AvgIpc) is 2.05. The molecule has 0 aliphatic carbocycles. The van der Waals surface area contributed by atoms with Crippen molar-refractivity contribution < 1.29 is 4.21 Å². The molecule has 1 aliphatic heterocycles. The van der Waals surface area contributed by atoms with Gasteiger partial charge in [0.2, 0.25) is 0 Å². The molecule has 1 aliphatic rings. The van der Waals surface area contributed by atoms with E-state index in [1.165, 1.54) is 24.3 Å². The zero-order valence-electron chi connectivity index (χ0n) is 7.54. The van der Waals surface area contributed by atoms with Gasteiger partial charge in [0, 0.05) is 41.1 Å². The lowest BCUT2D eigenvalue weighted by atomic mass is 10.2. The molecule has 0 saturated carbocycles. The van der Waals surface area contributed by atoms with Gasteiger partial charge in [-0.3, -0.25) is 4.21 Å². The highest BCUT2D eigenvalue weighted by molar-refractivity contribution is 7.99. The van der Waals surface area contributed by atoms with Crippen LogP contribution in [0.15, 0.2) is 0 Å². The maximum absolute atomic E-state index is 10.8. The second-order valence-electron chi connectivity index (χ2n) is 3.15. The molecule has 2 nitrogen and oxygen atoms in total. The monoisotopic (exact) mass is 207 g/mol. The van der Waals surface area contributed by atoms with Gasteiger partial charge in [-0.2, -0.15) is 11.8 Å². The van der Waals surface area contributed by atoms with Gasteiger partial charge in [0.05, 0.1) is 0 Å². The molecule has 0 amide bonds. The second-order valence-corrected chi connectivity index (χ2v) is 5.85. The van der Waals surface area contributed by atoms with Crippen molar-refractivity contribution >= 4 is 22.6 Å². The van der Waals surface area contributed by atoms with E-state index in [2.05, 4.69) is 5.32 Å². The molecule has 2 unspecified atom stereocenters. The number of hydrogen-bond donors (Lipinski definition) is 1. The van der Waals surface area contributed by atoms with E-state index in [0.29, 0.717) is 6.04 Å². The summed E-state index contributed by atoms with van der Waals surface area (Å²) in [6.07, 6.45) is 4.39. The Kier molecular flexibility index (Phi) is 5.27. The molecule has 0 aromatic carbocycles. The van der Waals surface area contributed by atoms with Gasteiger partial charge in [0.15, 0.2) is 0 Å². The van der Waals surface area contributed by atoms with Crippen LogP contribution in [0.2, 0.25) is 0 Å². The van der Waals surface area contributed by atoms with Crippen LogP contribution in [0.4, 0.5) is 0 Å². The maximum Gasteiger partial charge on any atom is 0.0357 e. The summed E-state index contributed by atoms with van der Waals surface area (Å²) in [6, 6.07) is 0.673. The van der Waals surface area contributed by atoms with Gasteiger partial charge in [-0.1, -0.05) is 0 Å². The quantitative estimate of drug-likeness (QED) is 0.741. The predicted octanol–water partition coefficient (Wildman–Crippen LogP) is 0.850. The summed E-state index contributed by atoms with van der Waals surface area (Å²) >= 11 is 2.02. The Morgan fingerprint density at radius 2 is 2.50 bits per heavy atom. The minimum Gasteiger partial charge on any atom is -0.312 e. The Labute approximate surface area is 81.3 Å². The van der Waals surface area contributed by atoms with Crippen LogP contribution in [0.3, 0.4) is 0 Å². The van der Waals surface area contributed by atoms with E-state index in [1.807, 2.05) is 11.8 Å². The highest BCUT2D eigenvalue weighted by Crippen LogP contribution is 2.16. The van der Waals surface area contributed by atoms with Crippen LogP contribution in [-0.4, -0.2) is 40.3 Å². The SMILES string of the molecule is CS(=O)CCNC1CCCSC1. The molecule has 0 aromatic heterocycles. The van der Waals surface area contributed by atoms with Crippen molar-refractivity contribution in [3.63, 3.8) is 0 Å². The summed E-state index contributed by atoms with van der Waals surface area (Å²) in [4.78, 5) is 0. The van der Waals surface area contributed by atoms with Crippen LogP contribution in [-0.2, 0) is 10.8 Å². The summed E-state index contributed by atoms with van der Waals surface area (Å²) in [5.74, 6) is 3.34. The zero-order chi connectivity index (χ0) is 8.81. The Hall–Kier alpha value is 0.460. The molecule has 0 spiro atoms. The molecule has 1 saturated heterocycles. The minimum absolute atomic E-state index is 0.639. The number of thioether (sulfide) groups is 1. The molecule has 1 fully saturated rings. The molecular formula is C8H17NOS2. The largest absolute Gasteiger partial charge is 0.312 e. The van der Waals surface area contributed by atoms with Gasteiger partial charge in [-0.05, 0) is 18.6 Å². The second kappa shape index (κ2) is 6.00. The Morgan fingerprint density at radius 1 is 1.67 bits per heavy atom. The van der Waals surface area contributed by atoms with Crippen LogP contribution in [0, 0.1) is 0 Å². The van der Waals surface area contributed by atoms with E-state index < -0.39 is 10.8 Å². The molecule has 12 heavy (non-hydrogen) atoms. The molecule has 4 heteroatoms. The minimum atomic E-state index is -0.639. The lowest BCUT2D eigenvalue weighted by Crippen LogP contribution is -2.36. The van der Waals surface area contributed by atoms with E-state index in [4.69, 9.17) is 0 Å². The third kappa shape index (κ3) is 4.48. The van der Waals surface area contributed by atoms with Gasteiger partial charge < -0.3 is 5.32 Å². The number of nitrogens with one attached hydrogen (secondary N) is 1. The summed E-state index contributed by atoms with van der Waals surface area (Å²) in [5, 5.41) is 3.44. The topological polar surface area (TPSA) is 29.1 Å². The van der Waals surface area contributed by atoms with Crippen LogP contribution in [0.25, 0.3) is 0 Å². The Morgan fingerprint density at radius 3 is 3.08 bits per heavy atom. The summed E-state index contributed by atoms with van der Waals surface area (Å²) < 4.78 is 10.8. The van der Waals surface area contributed by atoms with E-state index >= 15 is 0 Å². The molecular weight excluding hydrogens is 190 g/mol. The van der Waals surface area contributed by atoms with E-state index in [0.717, 1.165) is 12.3 Å². The molecule has 2 atom stereocenters. The predicted molar refractivity (Wildman–Crippen MR) is 57.3 cm³/mol. The molecule has 1 rings (SSSR count). The first kappa shape index (κ1) is 10.5. The summed E-state index contributed by atoms with van der Waals surface area (Å²) in [7, 11) is -0.639. The van der Waals surface area contributed by atoms with Crippen molar-refractivity contribution in [3.05, 3.63) is 0 Å². The molecule has 72 valence electrons. The summed E-state index contributed by atoms with van der Waals surface area (Å²) in [5.41, 5.74) is 0. The van der Waals surface area contributed by atoms with Crippen molar-refractivity contribution in [2.45, 2.75) is 18.9 Å². The smallest absolute Gasteiger partial charge is 0.0357 e. The first-order valence-corrected chi connectivity index (χ1v) is 7.28. The fraction of sp³-hybridized carbons (Fsp3) is 1.00. The van der Waals surface area contributed by atoms with E-state index in [9.17, 15) is 4.21 Å². The zero-order valence-corrected chi connectivity index (χ0v) is 9.18.